The average Bonchev–Trinajstić information content (AvgIpc) is 2.37. The Kier molecular flexibility index (Phi) is 5.00. The number of hydrogen-bond acceptors (Lipinski definition) is 4. The van der Waals surface area contributed by atoms with E-state index >= 15 is 0 Å². The highest BCUT2D eigenvalue weighted by Gasteiger charge is 2.21. The first-order valence-corrected chi connectivity index (χ1v) is 6.06. The lowest BCUT2D eigenvalue weighted by Gasteiger charge is -2.23. The second kappa shape index (κ2) is 6.29. The third-order valence-corrected chi connectivity index (χ3v) is 2.92. The number of rotatable bonds is 5. The number of nitro groups is 1. The van der Waals surface area contributed by atoms with Crippen LogP contribution in [0.2, 0.25) is 0 Å². The van der Waals surface area contributed by atoms with Gasteiger partial charge in [-0.25, -0.2) is 0 Å². The van der Waals surface area contributed by atoms with E-state index in [-0.39, 0.29) is 17.5 Å². The maximum atomic E-state index is 12.0. The maximum Gasteiger partial charge on any atom is 0.269 e. The fraction of sp³-hybridized carbons (Fsp3) is 0.462. The molecule has 104 valence electrons. The molecule has 1 unspecified atom stereocenters. The van der Waals surface area contributed by atoms with Crippen LogP contribution in [0.25, 0.3) is 0 Å². The lowest BCUT2D eigenvalue weighted by molar-refractivity contribution is -0.384. The first-order chi connectivity index (χ1) is 8.82. The molecule has 19 heavy (non-hydrogen) atoms. The second-order valence-electron chi connectivity index (χ2n) is 4.89. The summed E-state index contributed by atoms with van der Waals surface area (Å²) in [6, 6.07) is 5.69. The highest BCUT2D eigenvalue weighted by atomic mass is 16.6. The average molecular weight is 265 g/mol. The van der Waals surface area contributed by atoms with E-state index in [4.69, 9.17) is 5.73 Å². The smallest absolute Gasteiger partial charge is 0.269 e. The lowest BCUT2D eigenvalue weighted by atomic mass is 10.0. The van der Waals surface area contributed by atoms with Crippen LogP contribution in [0.1, 0.15) is 19.4 Å². The summed E-state index contributed by atoms with van der Waals surface area (Å²) >= 11 is 0. The molecule has 1 rings (SSSR count). The molecule has 0 aliphatic carbocycles. The van der Waals surface area contributed by atoms with Gasteiger partial charge in [-0.2, -0.15) is 0 Å². The van der Waals surface area contributed by atoms with Crippen LogP contribution in [0.4, 0.5) is 5.69 Å². The van der Waals surface area contributed by atoms with Gasteiger partial charge in [-0.1, -0.05) is 26.0 Å². The zero-order chi connectivity index (χ0) is 14.6. The second-order valence-corrected chi connectivity index (χ2v) is 4.89. The number of likely N-dealkylation sites (N-methyl/N-ethyl adjacent to an activating group) is 1. The minimum atomic E-state index is -0.552. The van der Waals surface area contributed by atoms with Crippen LogP contribution in [-0.4, -0.2) is 28.8 Å². The summed E-state index contributed by atoms with van der Waals surface area (Å²) in [6.07, 6.45) is 0. The molecule has 0 saturated carbocycles. The van der Waals surface area contributed by atoms with Gasteiger partial charge < -0.3 is 10.6 Å². The Balaban J connectivity index is 2.76. The van der Waals surface area contributed by atoms with Gasteiger partial charge in [-0.05, 0) is 11.5 Å². The molecule has 0 aliphatic heterocycles. The number of nitrogens with zero attached hydrogens (tertiary/aromatic N) is 2. The van der Waals surface area contributed by atoms with Crippen molar-refractivity contribution in [2.24, 2.45) is 11.7 Å². The van der Waals surface area contributed by atoms with Crippen molar-refractivity contribution in [3.05, 3.63) is 39.9 Å². The molecular weight excluding hydrogens is 246 g/mol. The molecule has 0 saturated heterocycles. The Morgan fingerprint density at radius 3 is 2.63 bits per heavy atom. The molecule has 2 N–H and O–H groups in total. The minimum Gasteiger partial charge on any atom is -0.340 e. The largest absolute Gasteiger partial charge is 0.340 e. The quantitative estimate of drug-likeness (QED) is 0.646. The standard InChI is InChI=1S/C13H19N3O3/c1-9(2)12(14)13(17)15(3)8-10-5-4-6-11(7-10)16(18)19/h4-7,9,12H,8,14H2,1-3H3. The number of hydrogen-bond donors (Lipinski definition) is 1. The third kappa shape index (κ3) is 4.03. The van der Waals surface area contributed by atoms with E-state index in [1.54, 1.807) is 19.2 Å². The number of amides is 1. The van der Waals surface area contributed by atoms with Crippen LogP contribution in [0.5, 0.6) is 0 Å². The van der Waals surface area contributed by atoms with Crippen molar-refractivity contribution in [1.82, 2.24) is 4.90 Å². The van der Waals surface area contributed by atoms with Gasteiger partial charge in [0.25, 0.3) is 5.69 Å². The van der Waals surface area contributed by atoms with Gasteiger partial charge in [0.1, 0.15) is 0 Å². The highest BCUT2D eigenvalue weighted by molar-refractivity contribution is 5.81. The van der Waals surface area contributed by atoms with E-state index in [1.165, 1.54) is 17.0 Å². The van der Waals surface area contributed by atoms with Crippen LogP contribution in [0.15, 0.2) is 24.3 Å². The fourth-order valence-corrected chi connectivity index (χ4v) is 1.66. The number of nitro benzene ring substituents is 1. The molecule has 1 aromatic rings. The summed E-state index contributed by atoms with van der Waals surface area (Å²) in [5.74, 6) is -0.110. The van der Waals surface area contributed by atoms with E-state index in [2.05, 4.69) is 0 Å². The monoisotopic (exact) mass is 265 g/mol. The van der Waals surface area contributed by atoms with Crippen molar-refractivity contribution in [1.29, 1.82) is 0 Å². The molecular formula is C13H19N3O3. The molecule has 1 aromatic carbocycles. The summed E-state index contributed by atoms with van der Waals surface area (Å²) in [6.45, 7) is 4.06. The van der Waals surface area contributed by atoms with Gasteiger partial charge in [-0.3, -0.25) is 14.9 Å². The normalized spacial score (nSPS) is 12.3. The topological polar surface area (TPSA) is 89.5 Å². The first kappa shape index (κ1) is 15.1. The Morgan fingerprint density at radius 2 is 2.11 bits per heavy atom. The summed E-state index contributed by atoms with van der Waals surface area (Å²) < 4.78 is 0. The number of nitrogens with two attached hydrogens (primary N) is 1. The summed E-state index contributed by atoms with van der Waals surface area (Å²) in [5.41, 5.74) is 6.52. The third-order valence-electron chi connectivity index (χ3n) is 2.92. The number of benzene rings is 1. The zero-order valence-corrected chi connectivity index (χ0v) is 11.4. The van der Waals surface area contributed by atoms with Crippen LogP contribution in [0.3, 0.4) is 0 Å². The molecule has 0 bridgehead atoms. The molecule has 6 nitrogen and oxygen atoms in total. The van der Waals surface area contributed by atoms with Gasteiger partial charge in [0.15, 0.2) is 0 Å². The number of carbonyl (C=O) groups is 1. The first-order valence-electron chi connectivity index (χ1n) is 6.06. The van der Waals surface area contributed by atoms with Crippen molar-refractivity contribution in [2.45, 2.75) is 26.4 Å². The Morgan fingerprint density at radius 1 is 1.47 bits per heavy atom. The molecule has 0 spiro atoms. The lowest BCUT2D eigenvalue weighted by Crippen LogP contribution is -2.44. The van der Waals surface area contributed by atoms with Crippen molar-refractivity contribution >= 4 is 11.6 Å². The van der Waals surface area contributed by atoms with Gasteiger partial charge in [0.2, 0.25) is 5.91 Å². The molecule has 6 heteroatoms. The molecule has 0 heterocycles. The van der Waals surface area contributed by atoms with Crippen molar-refractivity contribution in [3.63, 3.8) is 0 Å². The van der Waals surface area contributed by atoms with Crippen LogP contribution in [-0.2, 0) is 11.3 Å². The van der Waals surface area contributed by atoms with E-state index in [0.29, 0.717) is 12.1 Å². The van der Waals surface area contributed by atoms with Crippen molar-refractivity contribution in [3.8, 4) is 0 Å². The molecule has 0 aromatic heterocycles. The summed E-state index contributed by atoms with van der Waals surface area (Å²) in [4.78, 5) is 23.7. The highest BCUT2D eigenvalue weighted by Crippen LogP contribution is 2.15. The molecule has 0 radical (unpaired) electrons. The Hall–Kier alpha value is -1.95. The Labute approximate surface area is 112 Å². The summed E-state index contributed by atoms with van der Waals surface area (Å²) in [7, 11) is 1.64. The van der Waals surface area contributed by atoms with E-state index in [0.717, 1.165) is 0 Å². The molecule has 0 aliphatic rings. The van der Waals surface area contributed by atoms with Gasteiger partial charge in [-0.15, -0.1) is 0 Å². The van der Waals surface area contributed by atoms with E-state index in [9.17, 15) is 14.9 Å². The van der Waals surface area contributed by atoms with E-state index < -0.39 is 11.0 Å². The van der Waals surface area contributed by atoms with Crippen molar-refractivity contribution < 1.29 is 9.72 Å². The van der Waals surface area contributed by atoms with Crippen LogP contribution >= 0.6 is 0 Å². The predicted octanol–water partition coefficient (Wildman–Crippen LogP) is 1.54. The van der Waals surface area contributed by atoms with Crippen LogP contribution < -0.4 is 5.73 Å². The van der Waals surface area contributed by atoms with Gasteiger partial charge in [0.05, 0.1) is 11.0 Å². The summed E-state index contributed by atoms with van der Waals surface area (Å²) in [5, 5.41) is 10.7. The zero-order valence-electron chi connectivity index (χ0n) is 11.4. The number of non-ortho nitro benzene ring substituents is 1. The van der Waals surface area contributed by atoms with Crippen molar-refractivity contribution in [2.75, 3.05) is 7.05 Å². The fourth-order valence-electron chi connectivity index (χ4n) is 1.66. The number of carbonyl (C=O) groups excluding carboxylic acids is 1. The minimum absolute atomic E-state index is 0.0199. The molecule has 0 fully saturated rings. The SMILES string of the molecule is CC(C)C(N)C(=O)N(C)Cc1cccc([N+](=O)[O-])c1. The van der Waals surface area contributed by atoms with Gasteiger partial charge >= 0.3 is 0 Å². The molecule has 1 atom stereocenters. The Bertz CT molecular complexity index is 474. The van der Waals surface area contributed by atoms with E-state index in [1.807, 2.05) is 13.8 Å². The van der Waals surface area contributed by atoms with Crippen LogP contribution in [0, 0.1) is 16.0 Å². The van der Waals surface area contributed by atoms with Gasteiger partial charge in [0, 0.05) is 25.7 Å². The predicted molar refractivity (Wildman–Crippen MR) is 72.4 cm³/mol. The maximum absolute atomic E-state index is 12.0. The molecule has 1 amide bonds.